The van der Waals surface area contributed by atoms with Crippen LogP contribution in [0.1, 0.15) is 0 Å². The molecule has 1 aromatic carbocycles. The zero-order chi connectivity index (χ0) is 7.72. The van der Waals surface area contributed by atoms with E-state index < -0.39 is 5.82 Å². The van der Waals surface area contributed by atoms with E-state index in [4.69, 9.17) is 21.4 Å². The van der Waals surface area contributed by atoms with Gasteiger partial charge in [-0.25, -0.2) is 4.39 Å². The maximum atomic E-state index is 12.4. The lowest BCUT2D eigenvalue weighted by Crippen LogP contribution is -2.22. The smallest absolute Gasteiger partial charge is 0.122 e. The molecule has 0 saturated heterocycles. The minimum absolute atomic E-state index is 0.178. The summed E-state index contributed by atoms with van der Waals surface area (Å²) in [5.74, 6) is -0.468. The number of hydrogen-bond acceptors (Lipinski definition) is 1. The molecule has 0 aliphatic carbocycles. The molecule has 0 spiro atoms. The van der Waals surface area contributed by atoms with Gasteiger partial charge in [0.05, 0.1) is 0 Å². The molecule has 4 heteroatoms. The molecule has 0 bridgehead atoms. The SMILES string of the molecule is [B]c1cc(F)cc([B])c1N. The number of halogens is 1. The van der Waals surface area contributed by atoms with Crippen molar-refractivity contribution in [2.75, 3.05) is 5.73 Å². The number of anilines is 1. The Bertz CT molecular complexity index is 239. The minimum Gasteiger partial charge on any atom is -0.400 e. The van der Waals surface area contributed by atoms with Crippen molar-refractivity contribution in [3.63, 3.8) is 0 Å². The summed E-state index contributed by atoms with van der Waals surface area (Å²) in [6.45, 7) is 0. The Morgan fingerprint density at radius 2 is 1.60 bits per heavy atom. The largest absolute Gasteiger partial charge is 0.400 e. The van der Waals surface area contributed by atoms with Crippen LogP contribution in [0.3, 0.4) is 0 Å². The van der Waals surface area contributed by atoms with Gasteiger partial charge in [0, 0.05) is 5.69 Å². The summed E-state index contributed by atoms with van der Waals surface area (Å²) in [5.41, 5.74) is 5.93. The molecule has 0 atom stereocenters. The van der Waals surface area contributed by atoms with Crippen molar-refractivity contribution in [3.05, 3.63) is 17.9 Å². The summed E-state index contributed by atoms with van der Waals surface area (Å²) in [6, 6.07) is 2.26. The molecule has 0 unspecified atom stereocenters. The number of rotatable bonds is 0. The Kier molecular flexibility index (Phi) is 1.70. The first-order chi connectivity index (χ1) is 4.61. The summed E-state index contributed by atoms with van der Waals surface area (Å²) < 4.78 is 12.4. The highest BCUT2D eigenvalue weighted by Gasteiger charge is 1.98. The molecule has 0 aliphatic rings. The summed E-state index contributed by atoms with van der Waals surface area (Å²) in [7, 11) is 10.6. The third kappa shape index (κ3) is 1.15. The second-order valence-corrected chi connectivity index (χ2v) is 2.00. The third-order valence-electron chi connectivity index (χ3n) is 1.21. The Morgan fingerprint density at radius 1 is 1.20 bits per heavy atom. The van der Waals surface area contributed by atoms with Crippen LogP contribution in [0.2, 0.25) is 0 Å². The second kappa shape index (κ2) is 2.37. The maximum Gasteiger partial charge on any atom is 0.122 e. The molecule has 1 nitrogen and oxygen atoms in total. The summed E-state index contributed by atoms with van der Waals surface area (Å²) >= 11 is 0. The summed E-state index contributed by atoms with van der Waals surface area (Å²) in [6.07, 6.45) is 0. The highest BCUT2D eigenvalue weighted by atomic mass is 19.1. The van der Waals surface area contributed by atoms with E-state index in [1.165, 1.54) is 0 Å². The molecule has 0 amide bonds. The van der Waals surface area contributed by atoms with Gasteiger partial charge in [0.1, 0.15) is 21.5 Å². The molecule has 46 valence electrons. The zero-order valence-electron chi connectivity index (χ0n) is 5.26. The van der Waals surface area contributed by atoms with E-state index in [1.54, 1.807) is 0 Å². The van der Waals surface area contributed by atoms with Gasteiger partial charge in [-0.05, 0) is 12.1 Å². The molecule has 0 saturated carbocycles. The molecule has 0 heterocycles. The van der Waals surface area contributed by atoms with E-state index in [0.717, 1.165) is 12.1 Å². The number of benzene rings is 1. The molecule has 10 heavy (non-hydrogen) atoms. The fraction of sp³-hybridized carbons (Fsp3) is 0. The quantitative estimate of drug-likeness (QED) is 0.354. The van der Waals surface area contributed by atoms with Gasteiger partial charge in [-0.3, -0.25) is 0 Å². The fourth-order valence-corrected chi connectivity index (χ4v) is 0.661. The van der Waals surface area contributed by atoms with Crippen LogP contribution in [0.5, 0.6) is 0 Å². The highest BCUT2D eigenvalue weighted by Crippen LogP contribution is 1.95. The van der Waals surface area contributed by atoms with Crippen LogP contribution in [0.4, 0.5) is 10.1 Å². The molecule has 0 aliphatic heterocycles. The Hall–Kier alpha value is -0.920. The monoisotopic (exact) mass is 131 g/mol. The first kappa shape index (κ1) is 7.19. The number of nitrogen functional groups attached to an aromatic ring is 1. The molecule has 1 rings (SSSR count). The number of nitrogens with two attached hydrogens (primary N) is 1. The highest BCUT2D eigenvalue weighted by molar-refractivity contribution is 6.43. The van der Waals surface area contributed by atoms with Gasteiger partial charge in [-0.1, -0.05) is 10.9 Å². The Balaban J connectivity index is 3.31. The van der Waals surface area contributed by atoms with Gasteiger partial charge in [-0.2, -0.15) is 0 Å². The summed E-state index contributed by atoms with van der Waals surface area (Å²) in [4.78, 5) is 0. The molecular weight excluding hydrogens is 127 g/mol. The Morgan fingerprint density at radius 3 is 2.00 bits per heavy atom. The predicted octanol–water partition coefficient (Wildman–Crippen LogP) is -1.00. The van der Waals surface area contributed by atoms with Crippen LogP contribution in [-0.4, -0.2) is 15.7 Å². The topological polar surface area (TPSA) is 26.0 Å². The standard InChI is InChI=1S/C6H4B2FN/c7-4-1-3(9)2-5(8)6(4)10/h1-2H,10H2. The predicted molar refractivity (Wildman–Crippen MR) is 41.6 cm³/mol. The fourth-order valence-electron chi connectivity index (χ4n) is 0.661. The molecule has 1 aromatic rings. The molecule has 0 fully saturated rings. The average molecular weight is 131 g/mol. The van der Waals surface area contributed by atoms with Gasteiger partial charge >= 0.3 is 0 Å². The van der Waals surface area contributed by atoms with Gasteiger partial charge < -0.3 is 5.73 Å². The van der Waals surface area contributed by atoms with E-state index in [1.807, 2.05) is 0 Å². The van der Waals surface area contributed by atoms with Crippen molar-refractivity contribution in [2.45, 2.75) is 0 Å². The molecule has 0 aromatic heterocycles. The van der Waals surface area contributed by atoms with E-state index in [-0.39, 0.29) is 16.6 Å². The second-order valence-electron chi connectivity index (χ2n) is 2.00. The van der Waals surface area contributed by atoms with E-state index >= 15 is 0 Å². The van der Waals surface area contributed by atoms with Crippen molar-refractivity contribution in [3.8, 4) is 0 Å². The van der Waals surface area contributed by atoms with Crippen molar-refractivity contribution >= 4 is 32.3 Å². The van der Waals surface area contributed by atoms with Crippen molar-refractivity contribution in [1.82, 2.24) is 0 Å². The van der Waals surface area contributed by atoms with Gasteiger partial charge in [-0.15, -0.1) is 0 Å². The van der Waals surface area contributed by atoms with Crippen molar-refractivity contribution in [2.24, 2.45) is 0 Å². The molecule has 4 radical (unpaired) electrons. The third-order valence-corrected chi connectivity index (χ3v) is 1.21. The van der Waals surface area contributed by atoms with Crippen LogP contribution in [0.25, 0.3) is 0 Å². The minimum atomic E-state index is -0.468. The zero-order valence-corrected chi connectivity index (χ0v) is 5.26. The van der Waals surface area contributed by atoms with E-state index in [2.05, 4.69) is 0 Å². The van der Waals surface area contributed by atoms with Crippen LogP contribution in [0.15, 0.2) is 12.1 Å². The first-order valence-electron chi connectivity index (χ1n) is 2.71. The summed E-state index contributed by atoms with van der Waals surface area (Å²) in [5, 5.41) is 0. The normalized spacial score (nSPS) is 9.70. The lowest BCUT2D eigenvalue weighted by Gasteiger charge is -2.03. The van der Waals surface area contributed by atoms with Crippen LogP contribution >= 0.6 is 0 Å². The van der Waals surface area contributed by atoms with E-state index in [0.29, 0.717) is 0 Å². The van der Waals surface area contributed by atoms with Gasteiger partial charge in [0.25, 0.3) is 0 Å². The van der Waals surface area contributed by atoms with Crippen LogP contribution in [0, 0.1) is 5.82 Å². The van der Waals surface area contributed by atoms with Crippen molar-refractivity contribution < 1.29 is 4.39 Å². The van der Waals surface area contributed by atoms with Gasteiger partial charge in [0.15, 0.2) is 0 Å². The first-order valence-corrected chi connectivity index (χ1v) is 2.71. The number of hydrogen-bond donors (Lipinski definition) is 1. The van der Waals surface area contributed by atoms with E-state index in [9.17, 15) is 4.39 Å². The molecule has 2 N–H and O–H groups in total. The Labute approximate surface area is 61.2 Å². The lowest BCUT2D eigenvalue weighted by molar-refractivity contribution is 0.630. The maximum absolute atomic E-state index is 12.4. The van der Waals surface area contributed by atoms with Crippen LogP contribution < -0.4 is 16.7 Å². The van der Waals surface area contributed by atoms with Crippen molar-refractivity contribution in [1.29, 1.82) is 0 Å². The van der Waals surface area contributed by atoms with Gasteiger partial charge in [0.2, 0.25) is 0 Å². The lowest BCUT2D eigenvalue weighted by atomic mass is 9.85. The molecular formula is C6H4B2FN. The van der Waals surface area contributed by atoms with Crippen LogP contribution in [-0.2, 0) is 0 Å². The average Bonchev–Trinajstić information content (AvgIpc) is 1.82.